The van der Waals surface area contributed by atoms with Crippen LogP contribution in [-0.2, 0) is 17.4 Å². The highest BCUT2D eigenvalue weighted by atomic mass is 79.9. The standard InChI is InChI=1S/C20H15BrF3NO2/c21-15-6-4-13(5-7-15)18-10-8-16(9-11-19(26)27)25(18)17-3-1-2-14(12-17)20(22,23)24/h1-8,10,12H,9,11H2,(H,26,27). The first-order chi connectivity index (χ1) is 12.8. The maximum atomic E-state index is 13.1. The van der Waals surface area contributed by atoms with Gasteiger partial charge < -0.3 is 9.67 Å². The summed E-state index contributed by atoms with van der Waals surface area (Å²) in [7, 11) is 0. The Morgan fingerprint density at radius 2 is 1.74 bits per heavy atom. The molecule has 2 aromatic carbocycles. The third-order valence-electron chi connectivity index (χ3n) is 4.13. The number of benzene rings is 2. The number of alkyl halides is 3. The van der Waals surface area contributed by atoms with E-state index in [2.05, 4.69) is 15.9 Å². The first-order valence-electron chi connectivity index (χ1n) is 8.12. The van der Waals surface area contributed by atoms with Gasteiger partial charge in [0.2, 0.25) is 0 Å². The molecule has 0 bridgehead atoms. The van der Waals surface area contributed by atoms with E-state index in [1.807, 2.05) is 24.3 Å². The lowest BCUT2D eigenvalue weighted by Crippen LogP contribution is -2.09. The average molecular weight is 438 g/mol. The van der Waals surface area contributed by atoms with Gasteiger partial charge in [0, 0.05) is 15.9 Å². The number of carbonyl (C=O) groups is 1. The van der Waals surface area contributed by atoms with Crippen molar-refractivity contribution < 1.29 is 23.1 Å². The maximum Gasteiger partial charge on any atom is 0.416 e. The summed E-state index contributed by atoms with van der Waals surface area (Å²) in [5.41, 5.74) is 1.74. The minimum atomic E-state index is -4.46. The van der Waals surface area contributed by atoms with Crippen molar-refractivity contribution in [3.63, 3.8) is 0 Å². The summed E-state index contributed by atoms with van der Waals surface area (Å²) in [5.74, 6) is -0.961. The van der Waals surface area contributed by atoms with E-state index in [1.54, 1.807) is 22.8 Å². The summed E-state index contributed by atoms with van der Waals surface area (Å²) in [6, 6.07) is 16.0. The summed E-state index contributed by atoms with van der Waals surface area (Å²) >= 11 is 3.36. The van der Waals surface area contributed by atoms with Gasteiger partial charge in [-0.3, -0.25) is 4.79 Å². The molecule has 0 atom stereocenters. The molecule has 1 N–H and O–H groups in total. The minimum Gasteiger partial charge on any atom is -0.481 e. The number of aryl methyl sites for hydroxylation is 1. The third-order valence-corrected chi connectivity index (χ3v) is 4.66. The molecule has 0 unspecified atom stereocenters. The van der Waals surface area contributed by atoms with Gasteiger partial charge in [-0.15, -0.1) is 0 Å². The molecular weight excluding hydrogens is 423 g/mol. The van der Waals surface area contributed by atoms with Crippen molar-refractivity contribution in [2.75, 3.05) is 0 Å². The van der Waals surface area contributed by atoms with Crippen LogP contribution in [0.5, 0.6) is 0 Å². The summed E-state index contributed by atoms with van der Waals surface area (Å²) in [5, 5.41) is 8.98. The molecule has 3 aromatic rings. The second kappa shape index (κ2) is 7.60. The molecule has 140 valence electrons. The van der Waals surface area contributed by atoms with Gasteiger partial charge in [-0.25, -0.2) is 0 Å². The molecule has 1 heterocycles. The van der Waals surface area contributed by atoms with Gasteiger partial charge in [-0.2, -0.15) is 13.2 Å². The van der Waals surface area contributed by atoms with Crippen molar-refractivity contribution in [1.82, 2.24) is 4.57 Å². The van der Waals surface area contributed by atoms with E-state index in [0.29, 0.717) is 17.1 Å². The highest BCUT2D eigenvalue weighted by molar-refractivity contribution is 9.10. The predicted octanol–water partition coefficient (Wildman–Crippen LogP) is 5.94. The number of halogens is 4. The predicted molar refractivity (Wildman–Crippen MR) is 99.9 cm³/mol. The van der Waals surface area contributed by atoms with E-state index in [-0.39, 0.29) is 12.8 Å². The van der Waals surface area contributed by atoms with Crippen LogP contribution in [0.2, 0.25) is 0 Å². The Labute approximate surface area is 162 Å². The van der Waals surface area contributed by atoms with E-state index in [4.69, 9.17) is 5.11 Å². The van der Waals surface area contributed by atoms with Gasteiger partial charge in [0.15, 0.2) is 0 Å². The molecule has 3 nitrogen and oxygen atoms in total. The van der Waals surface area contributed by atoms with Crippen molar-refractivity contribution >= 4 is 21.9 Å². The Hall–Kier alpha value is -2.54. The molecule has 0 fully saturated rings. The summed E-state index contributed by atoms with van der Waals surface area (Å²) < 4.78 is 42.0. The summed E-state index contributed by atoms with van der Waals surface area (Å²) in [6.45, 7) is 0. The van der Waals surface area contributed by atoms with Crippen LogP contribution in [0, 0.1) is 0 Å². The van der Waals surface area contributed by atoms with Gasteiger partial charge in [0.05, 0.1) is 17.7 Å². The molecule has 0 saturated heterocycles. The SMILES string of the molecule is O=C(O)CCc1ccc(-c2ccc(Br)cc2)n1-c1cccc(C(F)(F)F)c1. The number of hydrogen-bond acceptors (Lipinski definition) is 1. The van der Waals surface area contributed by atoms with Crippen molar-refractivity contribution in [3.8, 4) is 16.9 Å². The van der Waals surface area contributed by atoms with Crippen molar-refractivity contribution in [2.45, 2.75) is 19.0 Å². The molecule has 0 saturated carbocycles. The number of aliphatic carboxylic acids is 1. The molecule has 3 rings (SSSR count). The fourth-order valence-corrected chi connectivity index (χ4v) is 3.15. The Kier molecular flexibility index (Phi) is 5.41. The zero-order chi connectivity index (χ0) is 19.6. The van der Waals surface area contributed by atoms with E-state index in [0.717, 1.165) is 22.2 Å². The Morgan fingerprint density at radius 3 is 2.37 bits per heavy atom. The molecule has 0 amide bonds. The monoisotopic (exact) mass is 437 g/mol. The van der Waals surface area contributed by atoms with Crippen LogP contribution >= 0.6 is 15.9 Å². The van der Waals surface area contributed by atoms with Crippen LogP contribution in [0.25, 0.3) is 16.9 Å². The van der Waals surface area contributed by atoms with Gasteiger partial charge in [-0.05, 0) is 54.4 Å². The first-order valence-corrected chi connectivity index (χ1v) is 8.91. The van der Waals surface area contributed by atoms with E-state index in [9.17, 15) is 18.0 Å². The topological polar surface area (TPSA) is 42.2 Å². The lowest BCUT2D eigenvalue weighted by Gasteiger charge is -2.16. The molecule has 0 spiro atoms. The van der Waals surface area contributed by atoms with Crippen LogP contribution in [0.3, 0.4) is 0 Å². The molecule has 0 aliphatic heterocycles. The molecule has 0 aliphatic rings. The van der Waals surface area contributed by atoms with Crippen molar-refractivity contribution in [3.05, 3.63) is 76.4 Å². The zero-order valence-electron chi connectivity index (χ0n) is 14.0. The molecule has 0 aliphatic carbocycles. The highest BCUT2D eigenvalue weighted by Crippen LogP contribution is 2.33. The van der Waals surface area contributed by atoms with E-state index < -0.39 is 17.7 Å². The molecule has 27 heavy (non-hydrogen) atoms. The van der Waals surface area contributed by atoms with E-state index in [1.165, 1.54) is 6.07 Å². The van der Waals surface area contributed by atoms with Crippen LogP contribution < -0.4 is 0 Å². The van der Waals surface area contributed by atoms with Gasteiger partial charge in [-0.1, -0.05) is 34.1 Å². The number of carboxylic acid groups (broad SMARTS) is 1. The van der Waals surface area contributed by atoms with E-state index >= 15 is 0 Å². The van der Waals surface area contributed by atoms with Gasteiger partial charge >= 0.3 is 12.1 Å². The smallest absolute Gasteiger partial charge is 0.416 e. The summed E-state index contributed by atoms with van der Waals surface area (Å²) in [6.07, 6.45) is -4.35. The number of rotatable bonds is 5. The zero-order valence-corrected chi connectivity index (χ0v) is 15.6. The molecule has 1 aromatic heterocycles. The normalized spacial score (nSPS) is 11.6. The van der Waals surface area contributed by atoms with Crippen LogP contribution in [-0.4, -0.2) is 15.6 Å². The van der Waals surface area contributed by atoms with Gasteiger partial charge in [0.25, 0.3) is 0 Å². The lowest BCUT2D eigenvalue weighted by molar-refractivity contribution is -0.138. The fourth-order valence-electron chi connectivity index (χ4n) is 2.88. The first kappa shape index (κ1) is 19.2. The second-order valence-electron chi connectivity index (χ2n) is 5.99. The van der Waals surface area contributed by atoms with Crippen LogP contribution in [0.15, 0.2) is 65.1 Å². The maximum absolute atomic E-state index is 13.1. The van der Waals surface area contributed by atoms with Crippen LogP contribution in [0.4, 0.5) is 13.2 Å². The molecule has 7 heteroatoms. The lowest BCUT2D eigenvalue weighted by atomic mass is 10.1. The third kappa shape index (κ3) is 4.42. The number of hydrogen-bond donors (Lipinski definition) is 1. The molecule has 0 radical (unpaired) electrons. The van der Waals surface area contributed by atoms with Crippen LogP contribution in [0.1, 0.15) is 17.7 Å². The van der Waals surface area contributed by atoms with Crippen molar-refractivity contribution in [1.29, 1.82) is 0 Å². The number of carboxylic acids is 1. The Bertz CT molecular complexity index is 962. The van der Waals surface area contributed by atoms with Gasteiger partial charge in [0.1, 0.15) is 0 Å². The quantitative estimate of drug-likeness (QED) is 0.536. The Morgan fingerprint density at radius 1 is 1.04 bits per heavy atom. The summed E-state index contributed by atoms with van der Waals surface area (Å²) in [4.78, 5) is 11.0. The average Bonchev–Trinajstić information content (AvgIpc) is 3.04. The highest BCUT2D eigenvalue weighted by Gasteiger charge is 2.30. The minimum absolute atomic E-state index is 0.108. The largest absolute Gasteiger partial charge is 0.481 e. The Balaban J connectivity index is 2.14. The fraction of sp³-hybridized carbons (Fsp3) is 0.150. The van der Waals surface area contributed by atoms with Crippen molar-refractivity contribution in [2.24, 2.45) is 0 Å². The number of aromatic nitrogens is 1. The second-order valence-corrected chi connectivity index (χ2v) is 6.91. The molecular formula is C20H15BrF3NO2. The number of nitrogens with zero attached hydrogens (tertiary/aromatic N) is 1.